The summed E-state index contributed by atoms with van der Waals surface area (Å²) in [4.78, 5) is 48.6. The third kappa shape index (κ3) is 7.40. The molecule has 2 fully saturated rings. The van der Waals surface area contributed by atoms with E-state index in [1.54, 1.807) is 61.6 Å². The molecule has 0 N–H and O–H groups in total. The minimum atomic E-state index is -0.225. The number of pyridine rings is 1. The SMILES string of the molecule is CCN1CCN(CC2SC(c3ccc(OC)cc3)N(c3ccc(Oc4nc(Oc5cc(=O)n(C)c6ccccc56)nc(N(C)C)n4)cc3)C2=O)CC1. The molecule has 13 nitrogen and oxygen atoms in total. The smallest absolute Gasteiger partial charge is 0.330 e. The first-order valence-electron chi connectivity index (χ1n) is 17.3. The summed E-state index contributed by atoms with van der Waals surface area (Å²) in [6.07, 6.45) is 0. The number of fused-ring (bicyclic) bond motifs is 1. The molecule has 2 aliphatic heterocycles. The molecule has 0 radical (unpaired) electrons. The van der Waals surface area contributed by atoms with E-state index in [1.807, 2.05) is 65.6 Å². The number of likely N-dealkylation sites (N-methyl/N-ethyl adjacent to an activating group) is 1. The van der Waals surface area contributed by atoms with E-state index in [4.69, 9.17) is 14.2 Å². The summed E-state index contributed by atoms with van der Waals surface area (Å²) in [6.45, 7) is 7.89. The monoisotopic (exact) mass is 722 g/mol. The van der Waals surface area contributed by atoms with E-state index in [-0.39, 0.29) is 34.1 Å². The van der Waals surface area contributed by atoms with Crippen molar-refractivity contribution in [2.75, 3.05) is 70.3 Å². The van der Waals surface area contributed by atoms with Crippen molar-refractivity contribution in [2.45, 2.75) is 17.5 Å². The average molecular weight is 723 g/mol. The summed E-state index contributed by atoms with van der Waals surface area (Å²) in [5.41, 5.74) is 2.28. The molecule has 2 atom stereocenters. The van der Waals surface area contributed by atoms with Crippen LogP contribution in [0, 0.1) is 0 Å². The van der Waals surface area contributed by atoms with E-state index in [0.29, 0.717) is 29.5 Å². The molecule has 52 heavy (non-hydrogen) atoms. The number of aromatic nitrogens is 4. The van der Waals surface area contributed by atoms with Gasteiger partial charge in [0.15, 0.2) is 0 Å². The fourth-order valence-electron chi connectivity index (χ4n) is 6.41. The molecule has 270 valence electrons. The summed E-state index contributed by atoms with van der Waals surface area (Å²) < 4.78 is 19.2. The van der Waals surface area contributed by atoms with Gasteiger partial charge in [-0.2, -0.15) is 9.97 Å². The van der Waals surface area contributed by atoms with Crippen LogP contribution in [0.15, 0.2) is 83.7 Å². The number of hydrogen-bond donors (Lipinski definition) is 0. The Bertz CT molecular complexity index is 2100. The van der Waals surface area contributed by atoms with Crippen LogP contribution < -0.4 is 29.6 Å². The van der Waals surface area contributed by atoms with Crippen LogP contribution in [0.25, 0.3) is 10.9 Å². The Morgan fingerprint density at radius 1 is 0.827 bits per heavy atom. The minimum absolute atomic E-state index is 0.0155. The lowest BCUT2D eigenvalue weighted by Crippen LogP contribution is -2.49. The molecule has 1 amide bonds. The van der Waals surface area contributed by atoms with Gasteiger partial charge in [-0.05, 0) is 60.6 Å². The quantitative estimate of drug-likeness (QED) is 0.179. The number of para-hydroxylation sites is 1. The highest BCUT2D eigenvalue weighted by Crippen LogP contribution is 2.46. The Morgan fingerprint density at radius 3 is 2.15 bits per heavy atom. The predicted octanol–water partition coefficient (Wildman–Crippen LogP) is 5.17. The number of aryl methyl sites for hydroxylation is 1. The Kier molecular flexibility index (Phi) is 10.3. The molecular formula is C38H42N8O5S. The van der Waals surface area contributed by atoms with Crippen molar-refractivity contribution in [1.29, 1.82) is 0 Å². The molecule has 0 bridgehead atoms. The van der Waals surface area contributed by atoms with Crippen LogP contribution in [0.1, 0.15) is 17.9 Å². The number of carbonyl (C=O) groups excluding carboxylic acids is 1. The van der Waals surface area contributed by atoms with Gasteiger partial charge >= 0.3 is 12.0 Å². The van der Waals surface area contributed by atoms with E-state index in [1.165, 1.54) is 6.07 Å². The first kappa shape index (κ1) is 35.2. The standard InChI is InChI=1S/C38H42N8O5S/c1-6-44-19-21-45(22-20-44)24-32-34(48)46(35(52-32)25-11-15-27(49-5)16-12-25)26-13-17-28(18-14-26)50-37-39-36(42(2)3)40-38(41-37)51-31-23-33(47)43(4)30-10-8-7-9-29(30)31/h7-18,23,32,35H,6,19-22,24H2,1-5H3. The van der Waals surface area contributed by atoms with Gasteiger partial charge in [0.2, 0.25) is 11.9 Å². The number of rotatable bonds is 11. The Morgan fingerprint density at radius 2 is 1.48 bits per heavy atom. The van der Waals surface area contributed by atoms with Gasteiger partial charge in [0.05, 0.1) is 17.9 Å². The van der Waals surface area contributed by atoms with Gasteiger partial charge in [0.25, 0.3) is 5.56 Å². The van der Waals surface area contributed by atoms with E-state index in [2.05, 4.69) is 31.7 Å². The van der Waals surface area contributed by atoms with E-state index < -0.39 is 0 Å². The number of piperazine rings is 1. The number of anilines is 2. The zero-order valence-corrected chi connectivity index (χ0v) is 30.7. The normalized spacial score (nSPS) is 18.2. The zero-order chi connectivity index (χ0) is 36.4. The number of amides is 1. The maximum absolute atomic E-state index is 14.1. The fourth-order valence-corrected chi connectivity index (χ4v) is 7.91. The minimum Gasteiger partial charge on any atom is -0.497 e. The van der Waals surface area contributed by atoms with Crippen molar-refractivity contribution < 1.29 is 19.0 Å². The van der Waals surface area contributed by atoms with Crippen LogP contribution in [-0.2, 0) is 11.8 Å². The zero-order valence-electron chi connectivity index (χ0n) is 29.9. The molecule has 2 unspecified atom stereocenters. The van der Waals surface area contributed by atoms with Gasteiger partial charge in [-0.1, -0.05) is 31.2 Å². The number of hydrogen-bond acceptors (Lipinski definition) is 12. The molecular weight excluding hydrogens is 681 g/mol. The summed E-state index contributed by atoms with van der Waals surface area (Å²) in [5, 5.41) is 0.327. The molecule has 0 saturated carbocycles. The molecule has 0 aliphatic carbocycles. The average Bonchev–Trinajstić information content (AvgIpc) is 3.49. The second-order valence-corrected chi connectivity index (χ2v) is 14.2. The van der Waals surface area contributed by atoms with E-state index >= 15 is 0 Å². The molecule has 2 aromatic heterocycles. The second kappa shape index (κ2) is 15.2. The van der Waals surface area contributed by atoms with E-state index in [9.17, 15) is 9.59 Å². The van der Waals surface area contributed by atoms with Crippen molar-refractivity contribution >= 4 is 40.2 Å². The third-order valence-corrected chi connectivity index (χ3v) is 10.8. The van der Waals surface area contributed by atoms with Gasteiger partial charge in [-0.15, -0.1) is 16.7 Å². The molecule has 3 aromatic carbocycles. The fraction of sp³-hybridized carbons (Fsp3) is 0.342. The van der Waals surface area contributed by atoms with Crippen molar-refractivity contribution in [3.63, 3.8) is 0 Å². The van der Waals surface area contributed by atoms with Gasteiger partial charge < -0.3 is 28.6 Å². The first-order valence-corrected chi connectivity index (χ1v) is 18.2. The van der Waals surface area contributed by atoms with Crippen LogP contribution in [-0.4, -0.2) is 101 Å². The lowest BCUT2D eigenvalue weighted by atomic mass is 10.1. The van der Waals surface area contributed by atoms with Crippen LogP contribution >= 0.6 is 11.8 Å². The molecule has 5 aromatic rings. The topological polar surface area (TPSA) is 118 Å². The highest BCUT2D eigenvalue weighted by Gasteiger charge is 2.43. The third-order valence-electron chi connectivity index (χ3n) is 9.40. The van der Waals surface area contributed by atoms with Crippen molar-refractivity contribution in [1.82, 2.24) is 29.3 Å². The molecule has 14 heteroatoms. The number of thioether (sulfide) groups is 1. The van der Waals surface area contributed by atoms with Crippen molar-refractivity contribution in [2.24, 2.45) is 7.05 Å². The molecule has 7 rings (SSSR count). The van der Waals surface area contributed by atoms with Crippen LogP contribution in [0.2, 0.25) is 0 Å². The van der Waals surface area contributed by atoms with Gasteiger partial charge in [-0.3, -0.25) is 19.4 Å². The van der Waals surface area contributed by atoms with Crippen molar-refractivity contribution in [3.8, 4) is 29.3 Å². The number of nitrogens with zero attached hydrogens (tertiary/aromatic N) is 8. The second-order valence-electron chi connectivity index (χ2n) is 12.9. The van der Waals surface area contributed by atoms with E-state index in [0.717, 1.165) is 55.1 Å². The summed E-state index contributed by atoms with van der Waals surface area (Å²) in [7, 11) is 6.96. The maximum atomic E-state index is 14.1. The van der Waals surface area contributed by atoms with Crippen LogP contribution in [0.3, 0.4) is 0 Å². The lowest BCUT2D eigenvalue weighted by Gasteiger charge is -2.34. The number of ether oxygens (including phenoxy) is 3. The summed E-state index contributed by atoms with van der Waals surface area (Å²) in [5.74, 6) is 1.95. The lowest BCUT2D eigenvalue weighted by molar-refractivity contribution is -0.118. The highest BCUT2D eigenvalue weighted by atomic mass is 32.2. The van der Waals surface area contributed by atoms with Crippen LogP contribution in [0.5, 0.6) is 29.3 Å². The number of carbonyl (C=O) groups is 1. The van der Waals surface area contributed by atoms with Gasteiger partial charge in [0, 0.05) is 71.0 Å². The summed E-state index contributed by atoms with van der Waals surface area (Å²) >= 11 is 1.69. The van der Waals surface area contributed by atoms with Gasteiger partial charge in [0.1, 0.15) is 22.6 Å². The largest absolute Gasteiger partial charge is 0.497 e. The number of benzene rings is 3. The number of methoxy groups -OCH3 is 1. The predicted molar refractivity (Wildman–Crippen MR) is 203 cm³/mol. The highest BCUT2D eigenvalue weighted by molar-refractivity contribution is 8.01. The van der Waals surface area contributed by atoms with Gasteiger partial charge in [-0.25, -0.2) is 0 Å². The molecule has 0 spiro atoms. The summed E-state index contributed by atoms with van der Waals surface area (Å²) in [6, 6.07) is 24.1. The van der Waals surface area contributed by atoms with Crippen LogP contribution in [0.4, 0.5) is 11.6 Å². The Hall–Kier alpha value is -5.18. The maximum Gasteiger partial charge on any atom is 0.330 e. The molecule has 2 aliphatic rings. The van der Waals surface area contributed by atoms with Crippen molar-refractivity contribution in [3.05, 3.63) is 94.8 Å². The molecule has 2 saturated heterocycles. The first-order chi connectivity index (χ1) is 25.2. The Balaban J connectivity index is 1.13. The molecule has 4 heterocycles. The Labute approximate surface area is 306 Å².